The normalized spacial score (nSPS) is 18.6. The molecule has 0 bridgehead atoms. The predicted octanol–water partition coefficient (Wildman–Crippen LogP) is 6.14. The third-order valence-corrected chi connectivity index (χ3v) is 7.95. The molecule has 5 rings (SSSR count). The van der Waals surface area contributed by atoms with Gasteiger partial charge < -0.3 is 9.30 Å². The van der Waals surface area contributed by atoms with E-state index in [9.17, 15) is 0 Å². The van der Waals surface area contributed by atoms with Crippen molar-refractivity contribution in [2.75, 3.05) is 32.8 Å². The van der Waals surface area contributed by atoms with Crippen LogP contribution in [0.15, 0.2) is 58.9 Å². The third kappa shape index (κ3) is 5.65. The lowest BCUT2D eigenvalue weighted by atomic mass is 9.84. The SMILES string of the molecule is Cc1ccc(N=c2scc(-c3ccc(C4CCCCC4)cc3)n2CCN2CCOCC2)cc1. The van der Waals surface area contributed by atoms with Gasteiger partial charge in [0.1, 0.15) is 0 Å². The summed E-state index contributed by atoms with van der Waals surface area (Å²) in [4.78, 5) is 8.59. The molecule has 5 heteroatoms. The standard InChI is InChI=1S/C28H35N3OS/c1-22-7-13-26(14-8-22)29-28-31(16-15-30-17-19-32-20-18-30)27(21-33-28)25-11-9-24(10-12-25)23-5-3-2-4-6-23/h7-14,21,23H,2-6,15-20H2,1H3. The highest BCUT2D eigenvalue weighted by Crippen LogP contribution is 2.33. The Kier molecular flexibility index (Phi) is 7.40. The average molecular weight is 462 g/mol. The van der Waals surface area contributed by atoms with Gasteiger partial charge in [-0.3, -0.25) is 4.90 Å². The lowest BCUT2D eigenvalue weighted by Crippen LogP contribution is -2.39. The molecule has 2 aromatic carbocycles. The summed E-state index contributed by atoms with van der Waals surface area (Å²) in [6.45, 7) is 7.78. The summed E-state index contributed by atoms with van der Waals surface area (Å²) in [5.74, 6) is 0.746. The van der Waals surface area contributed by atoms with Crippen LogP contribution < -0.4 is 4.80 Å². The van der Waals surface area contributed by atoms with E-state index < -0.39 is 0 Å². The zero-order chi connectivity index (χ0) is 22.5. The Morgan fingerprint density at radius 1 is 0.909 bits per heavy atom. The van der Waals surface area contributed by atoms with E-state index in [1.54, 1.807) is 11.3 Å². The Hall–Kier alpha value is -2.21. The van der Waals surface area contributed by atoms with E-state index in [1.807, 2.05) is 0 Å². The van der Waals surface area contributed by atoms with E-state index in [4.69, 9.17) is 9.73 Å². The quantitative estimate of drug-likeness (QED) is 0.441. The van der Waals surface area contributed by atoms with Gasteiger partial charge in [0.05, 0.1) is 24.6 Å². The molecule has 0 unspecified atom stereocenters. The van der Waals surface area contributed by atoms with Crippen LogP contribution >= 0.6 is 11.3 Å². The van der Waals surface area contributed by atoms with Crippen LogP contribution in [0.4, 0.5) is 5.69 Å². The van der Waals surface area contributed by atoms with E-state index in [0.29, 0.717) is 0 Å². The number of aryl methyl sites for hydroxylation is 1. The molecule has 174 valence electrons. The number of rotatable bonds is 6. The molecular weight excluding hydrogens is 426 g/mol. The van der Waals surface area contributed by atoms with Crippen molar-refractivity contribution >= 4 is 17.0 Å². The minimum atomic E-state index is 0.746. The van der Waals surface area contributed by atoms with Crippen molar-refractivity contribution in [1.82, 2.24) is 9.47 Å². The second-order valence-electron chi connectivity index (χ2n) is 9.41. The minimum absolute atomic E-state index is 0.746. The summed E-state index contributed by atoms with van der Waals surface area (Å²) >= 11 is 1.74. The maximum absolute atomic E-state index is 5.54. The summed E-state index contributed by atoms with van der Waals surface area (Å²) in [6.07, 6.45) is 6.85. The largest absolute Gasteiger partial charge is 0.379 e. The van der Waals surface area contributed by atoms with E-state index in [2.05, 4.69) is 70.3 Å². The summed E-state index contributed by atoms with van der Waals surface area (Å²) < 4.78 is 7.95. The first-order valence-corrected chi connectivity index (χ1v) is 13.3. The summed E-state index contributed by atoms with van der Waals surface area (Å²) in [7, 11) is 0. The Morgan fingerprint density at radius 2 is 1.64 bits per heavy atom. The monoisotopic (exact) mass is 461 g/mol. The van der Waals surface area contributed by atoms with Gasteiger partial charge >= 0.3 is 0 Å². The van der Waals surface area contributed by atoms with E-state index >= 15 is 0 Å². The molecule has 1 saturated carbocycles. The number of hydrogen-bond acceptors (Lipinski definition) is 4. The second kappa shape index (κ2) is 10.8. The predicted molar refractivity (Wildman–Crippen MR) is 137 cm³/mol. The fourth-order valence-corrected chi connectivity index (χ4v) is 5.98. The van der Waals surface area contributed by atoms with Crippen LogP contribution in [0.2, 0.25) is 0 Å². The molecule has 33 heavy (non-hydrogen) atoms. The smallest absolute Gasteiger partial charge is 0.190 e. The fourth-order valence-electron chi connectivity index (χ4n) is 5.02. The first kappa shape index (κ1) is 22.6. The minimum Gasteiger partial charge on any atom is -0.379 e. The topological polar surface area (TPSA) is 29.8 Å². The maximum Gasteiger partial charge on any atom is 0.190 e. The van der Waals surface area contributed by atoms with Gasteiger partial charge in [0.25, 0.3) is 0 Å². The van der Waals surface area contributed by atoms with Crippen molar-refractivity contribution in [3.8, 4) is 11.3 Å². The fraction of sp³-hybridized carbons (Fsp3) is 0.464. The Balaban J connectivity index is 1.44. The van der Waals surface area contributed by atoms with Crippen LogP contribution in [0.5, 0.6) is 0 Å². The Morgan fingerprint density at radius 3 is 2.36 bits per heavy atom. The lowest BCUT2D eigenvalue weighted by Gasteiger charge is -2.27. The highest BCUT2D eigenvalue weighted by molar-refractivity contribution is 7.07. The molecule has 4 nitrogen and oxygen atoms in total. The molecule has 1 aliphatic heterocycles. The molecule has 0 radical (unpaired) electrons. The number of ether oxygens (including phenoxy) is 1. The molecule has 1 aliphatic carbocycles. The lowest BCUT2D eigenvalue weighted by molar-refractivity contribution is 0.0363. The van der Waals surface area contributed by atoms with Gasteiger partial charge in [0, 0.05) is 31.6 Å². The molecular formula is C28H35N3OS. The van der Waals surface area contributed by atoms with Crippen LogP contribution in [-0.4, -0.2) is 42.3 Å². The number of aromatic nitrogens is 1. The zero-order valence-electron chi connectivity index (χ0n) is 19.7. The molecule has 0 atom stereocenters. The van der Waals surface area contributed by atoms with Crippen LogP contribution in [0.3, 0.4) is 0 Å². The molecule has 1 aromatic heterocycles. The molecule has 2 heterocycles. The maximum atomic E-state index is 5.54. The second-order valence-corrected chi connectivity index (χ2v) is 10.3. The van der Waals surface area contributed by atoms with Gasteiger partial charge in [-0.15, -0.1) is 11.3 Å². The van der Waals surface area contributed by atoms with Crippen molar-refractivity contribution in [1.29, 1.82) is 0 Å². The van der Waals surface area contributed by atoms with Gasteiger partial charge in [-0.1, -0.05) is 61.2 Å². The molecule has 0 spiro atoms. The van der Waals surface area contributed by atoms with E-state index in [-0.39, 0.29) is 0 Å². The number of morpholine rings is 1. The van der Waals surface area contributed by atoms with Crippen molar-refractivity contribution in [2.45, 2.75) is 51.5 Å². The average Bonchev–Trinajstić information content (AvgIpc) is 3.27. The molecule has 2 aliphatic rings. The molecule has 2 fully saturated rings. The highest BCUT2D eigenvalue weighted by atomic mass is 32.1. The van der Waals surface area contributed by atoms with E-state index in [1.165, 1.54) is 54.5 Å². The van der Waals surface area contributed by atoms with Gasteiger partial charge in [-0.2, -0.15) is 0 Å². The molecule has 3 aromatic rings. The molecule has 0 N–H and O–H groups in total. The van der Waals surface area contributed by atoms with Gasteiger partial charge in [-0.05, 0) is 48.9 Å². The summed E-state index contributed by atoms with van der Waals surface area (Å²) in [6, 6.07) is 17.9. The zero-order valence-corrected chi connectivity index (χ0v) is 20.5. The van der Waals surface area contributed by atoms with Crippen LogP contribution in [0, 0.1) is 6.92 Å². The van der Waals surface area contributed by atoms with Crippen molar-refractivity contribution in [3.05, 3.63) is 69.8 Å². The number of benzene rings is 2. The third-order valence-electron chi connectivity index (χ3n) is 7.08. The van der Waals surface area contributed by atoms with Gasteiger partial charge in [0.15, 0.2) is 4.80 Å². The Labute approximate surface area is 201 Å². The van der Waals surface area contributed by atoms with Gasteiger partial charge in [0.2, 0.25) is 0 Å². The van der Waals surface area contributed by atoms with Crippen molar-refractivity contribution in [2.24, 2.45) is 4.99 Å². The number of thiazole rings is 1. The van der Waals surface area contributed by atoms with Crippen LogP contribution in [0.1, 0.15) is 49.1 Å². The van der Waals surface area contributed by atoms with Crippen LogP contribution in [-0.2, 0) is 11.3 Å². The molecule has 0 amide bonds. The van der Waals surface area contributed by atoms with Gasteiger partial charge in [-0.25, -0.2) is 4.99 Å². The van der Waals surface area contributed by atoms with E-state index in [0.717, 1.165) is 55.8 Å². The van der Waals surface area contributed by atoms with Crippen molar-refractivity contribution < 1.29 is 4.74 Å². The Bertz CT molecular complexity index is 1090. The number of hydrogen-bond donors (Lipinski definition) is 0. The van der Waals surface area contributed by atoms with Crippen LogP contribution in [0.25, 0.3) is 11.3 Å². The highest BCUT2D eigenvalue weighted by Gasteiger charge is 2.17. The molecule has 1 saturated heterocycles. The van der Waals surface area contributed by atoms with Crippen molar-refractivity contribution in [3.63, 3.8) is 0 Å². The summed E-state index contributed by atoms with van der Waals surface area (Å²) in [5.41, 5.74) is 6.35. The summed E-state index contributed by atoms with van der Waals surface area (Å²) in [5, 5.41) is 2.28. The number of nitrogens with zero attached hydrogens (tertiary/aromatic N) is 3. The first-order valence-electron chi connectivity index (χ1n) is 12.5. The first-order chi connectivity index (χ1) is 16.3.